The Kier molecular flexibility index (Phi) is 7.91. The standard InChI is InChI=1S/C24H27N5O4/c1-15(2)21(29-24(32)33-14-16-8-4-3-5-9-16)23(31)28-20(22(25)30)12-17-13-26-18-10-6-7-11-19(18)27-17/h3-11,13,15,20-21H,12,14H2,1-2H3,(H2,25,30)(H,28,31)(H,29,32)/t20-,21+/m1/s1. The van der Waals surface area contributed by atoms with Gasteiger partial charge in [0.15, 0.2) is 0 Å². The number of carbonyl (C=O) groups excluding carboxylic acids is 3. The number of nitrogens with one attached hydrogen (secondary N) is 2. The number of aromatic nitrogens is 2. The molecular weight excluding hydrogens is 422 g/mol. The van der Waals surface area contributed by atoms with E-state index < -0.39 is 30.0 Å². The summed E-state index contributed by atoms with van der Waals surface area (Å²) in [6.07, 6.45) is 0.884. The molecule has 0 spiro atoms. The zero-order valence-electron chi connectivity index (χ0n) is 18.5. The fraction of sp³-hybridized carbons (Fsp3) is 0.292. The van der Waals surface area contributed by atoms with Gasteiger partial charge in [-0.15, -0.1) is 0 Å². The van der Waals surface area contributed by atoms with Crippen molar-refractivity contribution >= 4 is 28.9 Å². The largest absolute Gasteiger partial charge is 0.445 e. The number of ether oxygens (including phenoxy) is 1. The first-order valence-corrected chi connectivity index (χ1v) is 10.6. The van der Waals surface area contributed by atoms with E-state index in [0.717, 1.165) is 11.1 Å². The molecule has 9 nitrogen and oxygen atoms in total. The third kappa shape index (κ3) is 6.73. The monoisotopic (exact) mass is 449 g/mol. The van der Waals surface area contributed by atoms with Gasteiger partial charge in [0.25, 0.3) is 0 Å². The Morgan fingerprint density at radius 1 is 0.970 bits per heavy atom. The van der Waals surface area contributed by atoms with Crippen molar-refractivity contribution in [2.75, 3.05) is 0 Å². The predicted octanol–water partition coefficient (Wildman–Crippen LogP) is 2.09. The molecule has 2 aromatic carbocycles. The van der Waals surface area contributed by atoms with Crippen LogP contribution in [0.1, 0.15) is 25.1 Å². The van der Waals surface area contributed by atoms with Crippen LogP contribution in [0.3, 0.4) is 0 Å². The summed E-state index contributed by atoms with van der Waals surface area (Å²) in [7, 11) is 0. The van der Waals surface area contributed by atoms with E-state index in [4.69, 9.17) is 10.5 Å². The van der Waals surface area contributed by atoms with Gasteiger partial charge in [-0.2, -0.15) is 0 Å². The number of carbonyl (C=O) groups is 3. The van der Waals surface area contributed by atoms with E-state index in [-0.39, 0.29) is 18.9 Å². The van der Waals surface area contributed by atoms with Crippen molar-refractivity contribution < 1.29 is 19.1 Å². The lowest BCUT2D eigenvalue weighted by Crippen LogP contribution is -2.55. The molecule has 0 unspecified atom stereocenters. The van der Waals surface area contributed by atoms with Crippen molar-refractivity contribution in [2.24, 2.45) is 11.7 Å². The summed E-state index contributed by atoms with van der Waals surface area (Å²) in [5, 5.41) is 5.19. The molecule has 0 bridgehead atoms. The number of primary amides is 1. The van der Waals surface area contributed by atoms with Crippen LogP contribution in [-0.2, 0) is 27.4 Å². The minimum Gasteiger partial charge on any atom is -0.445 e. The summed E-state index contributed by atoms with van der Waals surface area (Å²) in [6, 6.07) is 14.6. The van der Waals surface area contributed by atoms with E-state index in [1.807, 2.05) is 54.6 Å². The number of nitrogens with two attached hydrogens (primary N) is 1. The molecule has 3 aromatic rings. The van der Waals surface area contributed by atoms with Crippen LogP contribution in [-0.4, -0.2) is 40.0 Å². The Balaban J connectivity index is 1.63. The van der Waals surface area contributed by atoms with Crippen molar-refractivity contribution in [3.05, 3.63) is 72.1 Å². The Morgan fingerprint density at radius 2 is 1.64 bits per heavy atom. The summed E-state index contributed by atoms with van der Waals surface area (Å²) in [6.45, 7) is 3.62. The summed E-state index contributed by atoms with van der Waals surface area (Å²) in [5.41, 5.74) is 8.25. The molecule has 0 radical (unpaired) electrons. The molecule has 3 amide bonds. The van der Waals surface area contributed by atoms with Gasteiger partial charge in [-0.3, -0.25) is 14.6 Å². The zero-order valence-corrected chi connectivity index (χ0v) is 18.5. The van der Waals surface area contributed by atoms with E-state index in [1.54, 1.807) is 20.0 Å². The van der Waals surface area contributed by atoms with Crippen molar-refractivity contribution in [3.8, 4) is 0 Å². The number of rotatable bonds is 9. The van der Waals surface area contributed by atoms with Gasteiger partial charge >= 0.3 is 6.09 Å². The minimum absolute atomic E-state index is 0.0716. The van der Waals surface area contributed by atoms with Gasteiger partial charge in [-0.05, 0) is 23.6 Å². The molecule has 0 aliphatic heterocycles. The van der Waals surface area contributed by atoms with Crippen LogP contribution in [0.25, 0.3) is 11.0 Å². The molecular formula is C24H27N5O4. The molecule has 0 saturated heterocycles. The van der Waals surface area contributed by atoms with Crippen LogP contribution in [0, 0.1) is 5.92 Å². The lowest BCUT2D eigenvalue weighted by molar-refractivity contribution is -0.129. The second kappa shape index (κ2) is 11.0. The number of nitrogens with zero attached hydrogens (tertiary/aromatic N) is 2. The molecule has 3 rings (SSSR count). The summed E-state index contributed by atoms with van der Waals surface area (Å²) in [4.78, 5) is 46.0. The number of alkyl carbamates (subject to hydrolysis) is 1. The van der Waals surface area contributed by atoms with E-state index in [0.29, 0.717) is 11.2 Å². The van der Waals surface area contributed by atoms with Crippen LogP contribution in [0.4, 0.5) is 4.79 Å². The SMILES string of the molecule is CC(C)[C@H](NC(=O)OCc1ccccc1)C(=O)N[C@H](Cc1cnc2ccccc2n1)C(N)=O. The average molecular weight is 450 g/mol. The summed E-state index contributed by atoms with van der Waals surface area (Å²) < 4.78 is 5.21. The molecule has 4 N–H and O–H groups in total. The number of amides is 3. The summed E-state index contributed by atoms with van der Waals surface area (Å²) >= 11 is 0. The highest BCUT2D eigenvalue weighted by Crippen LogP contribution is 2.11. The van der Waals surface area contributed by atoms with Gasteiger partial charge in [0, 0.05) is 12.6 Å². The Hall–Kier alpha value is -4.01. The van der Waals surface area contributed by atoms with Gasteiger partial charge in [0.05, 0.1) is 16.7 Å². The molecule has 1 aromatic heterocycles. The smallest absolute Gasteiger partial charge is 0.408 e. The lowest BCUT2D eigenvalue weighted by atomic mass is 10.0. The fourth-order valence-corrected chi connectivity index (χ4v) is 3.21. The number of hydrogen-bond donors (Lipinski definition) is 3. The van der Waals surface area contributed by atoms with Crippen LogP contribution >= 0.6 is 0 Å². The van der Waals surface area contributed by atoms with Gasteiger partial charge in [0.1, 0.15) is 18.7 Å². The minimum atomic E-state index is -1.02. The third-order valence-corrected chi connectivity index (χ3v) is 5.01. The maximum Gasteiger partial charge on any atom is 0.408 e. The molecule has 1 heterocycles. The number of benzene rings is 2. The Bertz CT molecular complexity index is 1120. The van der Waals surface area contributed by atoms with Crippen molar-refractivity contribution in [1.29, 1.82) is 0 Å². The second-order valence-electron chi connectivity index (χ2n) is 7.95. The molecule has 2 atom stereocenters. The first-order chi connectivity index (χ1) is 15.8. The first kappa shape index (κ1) is 23.6. The van der Waals surface area contributed by atoms with Crippen LogP contribution < -0.4 is 16.4 Å². The molecule has 33 heavy (non-hydrogen) atoms. The molecule has 0 fully saturated rings. The maximum atomic E-state index is 12.9. The highest BCUT2D eigenvalue weighted by molar-refractivity contribution is 5.91. The third-order valence-electron chi connectivity index (χ3n) is 5.01. The number of para-hydroxylation sites is 2. The maximum absolute atomic E-state index is 12.9. The van der Waals surface area contributed by atoms with E-state index >= 15 is 0 Å². The molecule has 0 saturated carbocycles. The Morgan fingerprint density at radius 3 is 2.30 bits per heavy atom. The first-order valence-electron chi connectivity index (χ1n) is 10.6. The van der Waals surface area contributed by atoms with Crippen LogP contribution in [0.5, 0.6) is 0 Å². The molecule has 172 valence electrons. The highest BCUT2D eigenvalue weighted by atomic mass is 16.5. The fourth-order valence-electron chi connectivity index (χ4n) is 3.21. The van der Waals surface area contributed by atoms with Crippen LogP contribution in [0.15, 0.2) is 60.8 Å². The van der Waals surface area contributed by atoms with E-state index in [1.165, 1.54) is 0 Å². The second-order valence-corrected chi connectivity index (χ2v) is 7.95. The average Bonchev–Trinajstić information content (AvgIpc) is 2.81. The normalized spacial score (nSPS) is 12.7. The molecule has 0 aliphatic carbocycles. The topological polar surface area (TPSA) is 136 Å². The molecule has 9 heteroatoms. The molecule has 0 aliphatic rings. The Labute approximate surface area is 191 Å². The number of hydrogen-bond acceptors (Lipinski definition) is 6. The van der Waals surface area contributed by atoms with E-state index in [2.05, 4.69) is 20.6 Å². The van der Waals surface area contributed by atoms with E-state index in [9.17, 15) is 14.4 Å². The van der Waals surface area contributed by atoms with Gasteiger partial charge in [-0.1, -0.05) is 56.3 Å². The van der Waals surface area contributed by atoms with Gasteiger partial charge < -0.3 is 21.1 Å². The number of fused-ring (bicyclic) bond motifs is 1. The van der Waals surface area contributed by atoms with Crippen molar-refractivity contribution in [2.45, 2.75) is 39.0 Å². The zero-order chi connectivity index (χ0) is 23.8. The van der Waals surface area contributed by atoms with Crippen LogP contribution in [0.2, 0.25) is 0 Å². The lowest BCUT2D eigenvalue weighted by Gasteiger charge is -2.24. The predicted molar refractivity (Wildman–Crippen MR) is 123 cm³/mol. The quantitative estimate of drug-likeness (QED) is 0.458. The van der Waals surface area contributed by atoms with Gasteiger partial charge in [-0.25, -0.2) is 9.78 Å². The van der Waals surface area contributed by atoms with Crippen molar-refractivity contribution in [3.63, 3.8) is 0 Å². The summed E-state index contributed by atoms with van der Waals surface area (Å²) in [5.74, 6) is -1.52. The van der Waals surface area contributed by atoms with Gasteiger partial charge in [0.2, 0.25) is 11.8 Å². The van der Waals surface area contributed by atoms with Crippen molar-refractivity contribution in [1.82, 2.24) is 20.6 Å². The highest BCUT2D eigenvalue weighted by Gasteiger charge is 2.29.